The minimum absolute atomic E-state index is 0. The Balaban J connectivity index is 0.00000112. The van der Waals surface area contributed by atoms with E-state index in [0.717, 1.165) is 11.1 Å². The maximum Gasteiger partial charge on any atom is 0.321 e. The highest BCUT2D eigenvalue weighted by atomic mass is 35.5. The van der Waals surface area contributed by atoms with Gasteiger partial charge in [-0.2, -0.15) is 0 Å². The summed E-state index contributed by atoms with van der Waals surface area (Å²) in [4.78, 5) is 10.8. The van der Waals surface area contributed by atoms with Gasteiger partial charge in [0.15, 0.2) is 0 Å². The van der Waals surface area contributed by atoms with E-state index in [2.05, 4.69) is 5.32 Å². The van der Waals surface area contributed by atoms with Crippen molar-refractivity contribution in [3.63, 3.8) is 0 Å². The number of rotatable bonds is 1. The molecular formula is C10H11Cl2NO2. The molecule has 0 radical (unpaired) electrons. The number of nitrogens with one attached hydrogen (secondary N) is 1. The monoisotopic (exact) mass is 247 g/mol. The zero-order chi connectivity index (χ0) is 10.1. The van der Waals surface area contributed by atoms with Crippen molar-refractivity contribution in [3.05, 3.63) is 34.3 Å². The SMILES string of the molecule is Cl.O=C(O)[C@H]1Cc2cc(Cl)ccc2CN1. The van der Waals surface area contributed by atoms with E-state index >= 15 is 0 Å². The van der Waals surface area contributed by atoms with Crippen LogP contribution in [0.4, 0.5) is 0 Å². The van der Waals surface area contributed by atoms with Gasteiger partial charge in [0.05, 0.1) is 0 Å². The Morgan fingerprint density at radius 3 is 2.87 bits per heavy atom. The Kier molecular flexibility index (Phi) is 3.97. The molecule has 0 fully saturated rings. The number of halogens is 2. The maximum absolute atomic E-state index is 10.8. The fourth-order valence-corrected chi connectivity index (χ4v) is 1.85. The number of fused-ring (bicyclic) bond motifs is 1. The van der Waals surface area contributed by atoms with Gasteiger partial charge in [-0.05, 0) is 29.7 Å². The summed E-state index contributed by atoms with van der Waals surface area (Å²) in [6, 6.07) is 5.11. The van der Waals surface area contributed by atoms with Crippen LogP contribution in [0.2, 0.25) is 5.02 Å². The zero-order valence-electron chi connectivity index (χ0n) is 7.87. The molecule has 0 aliphatic carbocycles. The van der Waals surface area contributed by atoms with Crippen LogP contribution in [0.1, 0.15) is 11.1 Å². The summed E-state index contributed by atoms with van der Waals surface area (Å²) in [6.45, 7) is 0.601. The standard InChI is InChI=1S/C10H10ClNO2.ClH/c11-8-2-1-6-5-12-9(10(13)14)4-7(6)3-8;/h1-3,9,12H,4-5H2,(H,13,14);1H/t9-;/m1./s1. The summed E-state index contributed by atoms with van der Waals surface area (Å²) >= 11 is 5.84. The van der Waals surface area contributed by atoms with E-state index in [1.165, 1.54) is 0 Å². The second kappa shape index (κ2) is 4.84. The normalized spacial score (nSPS) is 18.9. The van der Waals surface area contributed by atoms with Crippen LogP contribution < -0.4 is 5.32 Å². The molecule has 2 N–H and O–H groups in total. The zero-order valence-corrected chi connectivity index (χ0v) is 9.44. The first-order chi connectivity index (χ1) is 6.66. The molecule has 1 atom stereocenters. The first kappa shape index (κ1) is 12.3. The molecule has 0 aromatic heterocycles. The molecule has 0 saturated heterocycles. The highest BCUT2D eigenvalue weighted by molar-refractivity contribution is 6.30. The van der Waals surface area contributed by atoms with Crippen molar-refractivity contribution in [3.8, 4) is 0 Å². The van der Waals surface area contributed by atoms with Crippen molar-refractivity contribution in [2.24, 2.45) is 0 Å². The minimum atomic E-state index is -0.810. The fourth-order valence-electron chi connectivity index (χ4n) is 1.66. The molecule has 0 saturated carbocycles. The van der Waals surface area contributed by atoms with Gasteiger partial charge >= 0.3 is 5.97 Å². The largest absolute Gasteiger partial charge is 0.480 e. The Labute approximate surface area is 98.8 Å². The van der Waals surface area contributed by atoms with Crippen LogP contribution in [0.5, 0.6) is 0 Å². The van der Waals surface area contributed by atoms with Crippen LogP contribution in [-0.2, 0) is 17.8 Å². The van der Waals surface area contributed by atoms with Crippen LogP contribution in [0.25, 0.3) is 0 Å². The van der Waals surface area contributed by atoms with Crippen LogP contribution in [0.3, 0.4) is 0 Å². The molecule has 5 heteroatoms. The molecule has 0 amide bonds. The Hall–Kier alpha value is -0.770. The lowest BCUT2D eigenvalue weighted by Crippen LogP contribution is -2.41. The average molecular weight is 248 g/mol. The van der Waals surface area contributed by atoms with Gasteiger partial charge in [-0.3, -0.25) is 4.79 Å². The van der Waals surface area contributed by atoms with Crippen molar-refractivity contribution in [1.82, 2.24) is 5.32 Å². The first-order valence-corrected chi connectivity index (χ1v) is 4.78. The average Bonchev–Trinajstić information content (AvgIpc) is 2.16. The summed E-state index contributed by atoms with van der Waals surface area (Å²) in [5.74, 6) is -0.810. The van der Waals surface area contributed by atoms with Crippen LogP contribution in [-0.4, -0.2) is 17.1 Å². The van der Waals surface area contributed by atoms with E-state index in [-0.39, 0.29) is 12.4 Å². The summed E-state index contributed by atoms with van der Waals surface area (Å²) in [7, 11) is 0. The van der Waals surface area contributed by atoms with Crippen molar-refractivity contribution < 1.29 is 9.90 Å². The number of aliphatic carboxylic acids is 1. The van der Waals surface area contributed by atoms with E-state index in [9.17, 15) is 4.79 Å². The Bertz CT molecular complexity index is 382. The van der Waals surface area contributed by atoms with Gasteiger partial charge in [-0.15, -0.1) is 12.4 Å². The van der Waals surface area contributed by atoms with E-state index in [0.29, 0.717) is 18.0 Å². The van der Waals surface area contributed by atoms with Crippen molar-refractivity contribution in [2.45, 2.75) is 19.0 Å². The third-order valence-corrected chi connectivity index (χ3v) is 2.66. The number of carbonyl (C=O) groups is 1. The summed E-state index contributed by atoms with van der Waals surface area (Å²) < 4.78 is 0. The fraction of sp³-hybridized carbons (Fsp3) is 0.300. The van der Waals surface area contributed by atoms with Crippen LogP contribution in [0.15, 0.2) is 18.2 Å². The quantitative estimate of drug-likeness (QED) is 0.797. The van der Waals surface area contributed by atoms with Gasteiger partial charge in [0.2, 0.25) is 0 Å². The predicted octanol–water partition coefficient (Wildman–Crippen LogP) is 1.86. The lowest BCUT2D eigenvalue weighted by atomic mass is 9.96. The maximum atomic E-state index is 10.8. The van der Waals surface area contributed by atoms with Crippen LogP contribution >= 0.6 is 24.0 Å². The topological polar surface area (TPSA) is 49.3 Å². The second-order valence-corrected chi connectivity index (χ2v) is 3.83. The third-order valence-electron chi connectivity index (χ3n) is 2.43. The summed E-state index contributed by atoms with van der Waals surface area (Å²) in [5, 5.41) is 12.5. The molecule has 1 aliphatic rings. The number of benzene rings is 1. The number of hydrogen-bond acceptors (Lipinski definition) is 2. The van der Waals surface area contributed by atoms with Gasteiger partial charge in [0.25, 0.3) is 0 Å². The smallest absolute Gasteiger partial charge is 0.321 e. The third kappa shape index (κ3) is 2.62. The van der Waals surface area contributed by atoms with Crippen molar-refractivity contribution >= 4 is 30.0 Å². The molecule has 0 spiro atoms. The van der Waals surface area contributed by atoms with E-state index in [1.807, 2.05) is 18.2 Å². The second-order valence-electron chi connectivity index (χ2n) is 3.39. The number of hydrogen-bond donors (Lipinski definition) is 2. The number of carboxylic acid groups (broad SMARTS) is 1. The molecule has 3 nitrogen and oxygen atoms in total. The van der Waals surface area contributed by atoms with E-state index < -0.39 is 12.0 Å². The van der Waals surface area contributed by atoms with Gasteiger partial charge in [0, 0.05) is 11.6 Å². The first-order valence-electron chi connectivity index (χ1n) is 4.40. The van der Waals surface area contributed by atoms with Gasteiger partial charge in [0.1, 0.15) is 6.04 Å². The molecule has 82 valence electrons. The molecule has 15 heavy (non-hydrogen) atoms. The minimum Gasteiger partial charge on any atom is -0.480 e. The lowest BCUT2D eigenvalue weighted by molar-refractivity contribution is -0.139. The summed E-state index contributed by atoms with van der Waals surface area (Å²) in [5.41, 5.74) is 2.16. The van der Waals surface area contributed by atoms with Crippen LogP contribution in [0, 0.1) is 0 Å². The molecule has 2 rings (SSSR count). The molecule has 1 aliphatic heterocycles. The van der Waals surface area contributed by atoms with E-state index in [4.69, 9.17) is 16.7 Å². The molecule has 1 aromatic rings. The van der Waals surface area contributed by atoms with Gasteiger partial charge < -0.3 is 10.4 Å². The highest BCUT2D eigenvalue weighted by Crippen LogP contribution is 2.20. The summed E-state index contributed by atoms with van der Waals surface area (Å²) in [6.07, 6.45) is 0.505. The Morgan fingerprint density at radius 2 is 2.20 bits per heavy atom. The molecule has 1 heterocycles. The molecule has 1 aromatic carbocycles. The van der Waals surface area contributed by atoms with Crippen molar-refractivity contribution in [2.75, 3.05) is 0 Å². The van der Waals surface area contributed by atoms with Gasteiger partial charge in [-0.1, -0.05) is 17.7 Å². The molecule has 0 unspecified atom stereocenters. The molecule has 0 bridgehead atoms. The lowest BCUT2D eigenvalue weighted by Gasteiger charge is -2.23. The predicted molar refractivity (Wildman–Crippen MR) is 60.7 cm³/mol. The van der Waals surface area contributed by atoms with E-state index in [1.54, 1.807) is 0 Å². The Morgan fingerprint density at radius 1 is 1.47 bits per heavy atom. The van der Waals surface area contributed by atoms with Gasteiger partial charge in [-0.25, -0.2) is 0 Å². The molecular weight excluding hydrogens is 237 g/mol. The highest BCUT2D eigenvalue weighted by Gasteiger charge is 2.23. The number of carboxylic acids is 1. The van der Waals surface area contributed by atoms with Crippen molar-refractivity contribution in [1.29, 1.82) is 0 Å².